The molecule has 1 atom stereocenters. The van der Waals surface area contributed by atoms with Crippen molar-refractivity contribution in [1.29, 1.82) is 0 Å². The van der Waals surface area contributed by atoms with Gasteiger partial charge in [0.25, 0.3) is 0 Å². The zero-order chi connectivity index (χ0) is 14.7. The molecule has 106 valence electrons. The van der Waals surface area contributed by atoms with Gasteiger partial charge >= 0.3 is 0 Å². The molecule has 2 aromatic carbocycles. The Morgan fingerprint density at radius 2 is 1.75 bits per heavy atom. The Kier molecular flexibility index (Phi) is 4.35. The number of benzene rings is 2. The molecular formula is C16H18F2N2. The normalized spacial score (nSPS) is 12.2. The lowest BCUT2D eigenvalue weighted by atomic mass is 10.0. The summed E-state index contributed by atoms with van der Waals surface area (Å²) in [5, 5.41) is 0. The van der Waals surface area contributed by atoms with Gasteiger partial charge in [-0.05, 0) is 36.8 Å². The van der Waals surface area contributed by atoms with E-state index in [4.69, 9.17) is 5.73 Å². The van der Waals surface area contributed by atoms with Crippen molar-refractivity contribution in [3.8, 4) is 0 Å². The highest BCUT2D eigenvalue weighted by atomic mass is 19.1. The lowest BCUT2D eigenvalue weighted by molar-refractivity contribution is 0.592. The van der Waals surface area contributed by atoms with E-state index in [0.29, 0.717) is 12.1 Å². The van der Waals surface area contributed by atoms with Gasteiger partial charge in [-0.3, -0.25) is 0 Å². The van der Waals surface area contributed by atoms with Crippen molar-refractivity contribution in [2.45, 2.75) is 19.5 Å². The first-order valence-corrected chi connectivity index (χ1v) is 6.48. The summed E-state index contributed by atoms with van der Waals surface area (Å²) in [6.45, 7) is 2.32. The zero-order valence-electron chi connectivity index (χ0n) is 11.6. The molecule has 2 nitrogen and oxygen atoms in total. The SMILES string of the molecule is C[C@H](N)c1c(F)cccc1N(C)Cc1ccc(F)cc1. The minimum absolute atomic E-state index is 0.265. The van der Waals surface area contributed by atoms with Crippen LogP contribution < -0.4 is 10.6 Å². The third kappa shape index (κ3) is 3.14. The maximum absolute atomic E-state index is 13.9. The maximum Gasteiger partial charge on any atom is 0.130 e. The summed E-state index contributed by atoms with van der Waals surface area (Å²) >= 11 is 0. The second-order valence-corrected chi connectivity index (χ2v) is 4.94. The number of anilines is 1. The Bertz CT molecular complexity index is 580. The Balaban J connectivity index is 2.27. The fourth-order valence-corrected chi connectivity index (χ4v) is 2.26. The molecule has 0 saturated heterocycles. The quantitative estimate of drug-likeness (QED) is 0.924. The van der Waals surface area contributed by atoms with Crippen LogP contribution in [-0.4, -0.2) is 7.05 Å². The number of nitrogens with zero attached hydrogens (tertiary/aromatic N) is 1. The molecule has 0 bridgehead atoms. The topological polar surface area (TPSA) is 29.3 Å². The van der Waals surface area contributed by atoms with E-state index in [0.717, 1.165) is 11.3 Å². The third-order valence-corrected chi connectivity index (χ3v) is 3.23. The standard InChI is InChI=1S/C16H18F2N2/c1-11(19)16-14(18)4-3-5-15(16)20(2)10-12-6-8-13(17)9-7-12/h3-9,11H,10,19H2,1-2H3/t11-/m0/s1. The molecule has 0 aliphatic carbocycles. The summed E-state index contributed by atoms with van der Waals surface area (Å²) in [4.78, 5) is 1.91. The van der Waals surface area contributed by atoms with Crippen LogP contribution in [0.3, 0.4) is 0 Å². The van der Waals surface area contributed by atoms with Crippen LogP contribution in [0.4, 0.5) is 14.5 Å². The van der Waals surface area contributed by atoms with E-state index in [1.54, 1.807) is 25.1 Å². The minimum atomic E-state index is -0.387. The molecular weight excluding hydrogens is 258 g/mol. The molecule has 0 heterocycles. The first kappa shape index (κ1) is 14.5. The lowest BCUT2D eigenvalue weighted by Crippen LogP contribution is -2.21. The van der Waals surface area contributed by atoms with Gasteiger partial charge in [0.15, 0.2) is 0 Å². The summed E-state index contributed by atoms with van der Waals surface area (Å²) in [5.74, 6) is -0.568. The first-order valence-electron chi connectivity index (χ1n) is 6.48. The van der Waals surface area contributed by atoms with Gasteiger partial charge in [0.05, 0.1) is 0 Å². The second-order valence-electron chi connectivity index (χ2n) is 4.94. The Hall–Kier alpha value is -1.94. The third-order valence-electron chi connectivity index (χ3n) is 3.23. The van der Waals surface area contributed by atoms with Crippen LogP contribution in [0.2, 0.25) is 0 Å². The summed E-state index contributed by atoms with van der Waals surface area (Å²) in [6, 6.07) is 10.8. The number of rotatable bonds is 4. The van der Waals surface area contributed by atoms with Gasteiger partial charge in [0, 0.05) is 30.9 Å². The molecule has 2 aromatic rings. The van der Waals surface area contributed by atoms with Gasteiger partial charge in [-0.1, -0.05) is 18.2 Å². The predicted molar refractivity (Wildman–Crippen MR) is 77.5 cm³/mol. The van der Waals surface area contributed by atoms with E-state index in [1.807, 2.05) is 18.0 Å². The van der Waals surface area contributed by atoms with E-state index in [9.17, 15) is 8.78 Å². The number of nitrogens with two attached hydrogens (primary N) is 1. The molecule has 0 radical (unpaired) electrons. The highest BCUT2D eigenvalue weighted by molar-refractivity contribution is 5.55. The van der Waals surface area contributed by atoms with Crippen molar-refractivity contribution in [2.75, 3.05) is 11.9 Å². The Morgan fingerprint density at radius 1 is 1.10 bits per heavy atom. The van der Waals surface area contributed by atoms with Crippen molar-refractivity contribution in [2.24, 2.45) is 5.73 Å². The molecule has 0 aromatic heterocycles. The summed E-state index contributed by atoms with van der Waals surface area (Å²) in [5.41, 5.74) is 8.05. The number of hydrogen-bond acceptors (Lipinski definition) is 2. The molecule has 0 spiro atoms. The zero-order valence-corrected chi connectivity index (χ0v) is 11.6. The first-order chi connectivity index (χ1) is 9.49. The molecule has 0 aliphatic rings. The van der Waals surface area contributed by atoms with E-state index < -0.39 is 0 Å². The van der Waals surface area contributed by atoms with Crippen LogP contribution in [-0.2, 0) is 6.54 Å². The predicted octanol–water partition coefficient (Wildman–Crippen LogP) is 3.62. The minimum Gasteiger partial charge on any atom is -0.370 e. The Labute approximate surface area is 117 Å². The molecule has 0 amide bonds. The van der Waals surface area contributed by atoms with Gasteiger partial charge in [0.2, 0.25) is 0 Å². The molecule has 2 rings (SSSR count). The highest BCUT2D eigenvalue weighted by Crippen LogP contribution is 2.28. The van der Waals surface area contributed by atoms with Crippen LogP contribution in [0.15, 0.2) is 42.5 Å². The molecule has 0 aliphatic heterocycles. The van der Waals surface area contributed by atoms with E-state index in [2.05, 4.69) is 0 Å². The van der Waals surface area contributed by atoms with Gasteiger partial charge in [0.1, 0.15) is 11.6 Å². The van der Waals surface area contributed by atoms with Crippen molar-refractivity contribution >= 4 is 5.69 Å². The average molecular weight is 276 g/mol. The van der Waals surface area contributed by atoms with Crippen molar-refractivity contribution < 1.29 is 8.78 Å². The molecule has 0 fully saturated rings. The monoisotopic (exact) mass is 276 g/mol. The van der Waals surface area contributed by atoms with Crippen molar-refractivity contribution in [3.63, 3.8) is 0 Å². The summed E-state index contributed by atoms with van der Waals surface area (Å²) in [7, 11) is 1.87. The largest absolute Gasteiger partial charge is 0.370 e. The van der Waals surface area contributed by atoms with E-state index >= 15 is 0 Å². The van der Waals surface area contributed by atoms with E-state index in [-0.39, 0.29) is 17.7 Å². The van der Waals surface area contributed by atoms with Gasteiger partial charge in [-0.15, -0.1) is 0 Å². The maximum atomic E-state index is 13.9. The van der Waals surface area contributed by atoms with Crippen LogP contribution in [0.5, 0.6) is 0 Å². The van der Waals surface area contributed by atoms with Crippen LogP contribution in [0.1, 0.15) is 24.1 Å². The molecule has 2 N–H and O–H groups in total. The fraction of sp³-hybridized carbons (Fsp3) is 0.250. The summed E-state index contributed by atoms with van der Waals surface area (Å²) < 4.78 is 26.8. The second kappa shape index (κ2) is 6.01. The van der Waals surface area contributed by atoms with Gasteiger partial charge in [-0.25, -0.2) is 8.78 Å². The van der Waals surface area contributed by atoms with Crippen LogP contribution in [0, 0.1) is 11.6 Å². The molecule has 0 saturated carbocycles. The molecule has 0 unspecified atom stereocenters. The lowest BCUT2D eigenvalue weighted by Gasteiger charge is -2.24. The Morgan fingerprint density at radius 3 is 2.35 bits per heavy atom. The molecule has 20 heavy (non-hydrogen) atoms. The smallest absolute Gasteiger partial charge is 0.130 e. The number of halogens is 2. The van der Waals surface area contributed by atoms with Crippen molar-refractivity contribution in [3.05, 3.63) is 65.2 Å². The number of hydrogen-bond donors (Lipinski definition) is 1. The molecule has 4 heteroatoms. The van der Waals surface area contributed by atoms with Crippen LogP contribution >= 0.6 is 0 Å². The fourth-order valence-electron chi connectivity index (χ4n) is 2.26. The highest BCUT2D eigenvalue weighted by Gasteiger charge is 2.15. The van der Waals surface area contributed by atoms with Crippen molar-refractivity contribution in [1.82, 2.24) is 0 Å². The van der Waals surface area contributed by atoms with Crippen LogP contribution in [0.25, 0.3) is 0 Å². The van der Waals surface area contributed by atoms with Gasteiger partial charge in [-0.2, -0.15) is 0 Å². The van der Waals surface area contributed by atoms with Gasteiger partial charge < -0.3 is 10.6 Å². The summed E-state index contributed by atoms with van der Waals surface area (Å²) in [6.07, 6.45) is 0. The average Bonchev–Trinajstić information content (AvgIpc) is 2.40. The van der Waals surface area contributed by atoms with E-state index in [1.165, 1.54) is 18.2 Å².